The normalized spacial score (nSPS) is 13.9. The van der Waals surface area contributed by atoms with E-state index in [1.54, 1.807) is 16.6 Å². The van der Waals surface area contributed by atoms with Crippen molar-refractivity contribution in [3.63, 3.8) is 0 Å². The molecule has 3 heterocycles. The van der Waals surface area contributed by atoms with Crippen LogP contribution in [0.25, 0.3) is 27.4 Å². The molecule has 0 N–H and O–H groups in total. The standard InChI is InChI=1S/C26H25N5O3/c1-4-22(32)29-11-13-30(14-12-29)25-20-15-17(2)31(26(33)23(20)27-16-28-25)24-19-8-6-5-7-18(19)9-10-21(24)34-3/h4-10,15-16H,1,11-14H2,2-3H3. The lowest BCUT2D eigenvalue weighted by Crippen LogP contribution is -2.48. The Bertz CT molecular complexity index is 1490. The highest BCUT2D eigenvalue weighted by Gasteiger charge is 2.24. The van der Waals surface area contributed by atoms with Gasteiger partial charge in [0.25, 0.3) is 5.56 Å². The summed E-state index contributed by atoms with van der Waals surface area (Å²) in [6.45, 7) is 7.84. The number of carbonyl (C=O) groups excluding carboxylic acids is 1. The SMILES string of the molecule is C=CC(=O)N1CCN(c2ncnc3c(=O)n(-c4c(OC)ccc5ccccc45)c(C)cc23)CC1. The van der Waals surface area contributed by atoms with Gasteiger partial charge in [0, 0.05) is 37.3 Å². The van der Waals surface area contributed by atoms with E-state index in [2.05, 4.69) is 21.4 Å². The van der Waals surface area contributed by atoms with E-state index in [1.165, 1.54) is 12.4 Å². The molecule has 2 aromatic heterocycles. The fourth-order valence-electron chi connectivity index (χ4n) is 4.66. The molecule has 5 rings (SSSR count). The number of nitrogens with zero attached hydrogens (tertiary/aromatic N) is 5. The van der Waals surface area contributed by atoms with Crippen molar-refractivity contribution in [1.29, 1.82) is 0 Å². The smallest absolute Gasteiger partial charge is 0.282 e. The molecular weight excluding hydrogens is 430 g/mol. The number of rotatable bonds is 4. The lowest BCUT2D eigenvalue weighted by molar-refractivity contribution is -0.126. The van der Waals surface area contributed by atoms with Crippen LogP contribution < -0.4 is 15.2 Å². The second-order valence-electron chi connectivity index (χ2n) is 8.24. The van der Waals surface area contributed by atoms with Gasteiger partial charge in [0.2, 0.25) is 5.91 Å². The first kappa shape index (κ1) is 21.6. The van der Waals surface area contributed by atoms with Crippen molar-refractivity contribution in [1.82, 2.24) is 19.4 Å². The summed E-state index contributed by atoms with van der Waals surface area (Å²) < 4.78 is 7.32. The number of amides is 1. The molecule has 0 saturated carbocycles. The molecule has 172 valence electrons. The predicted octanol–water partition coefficient (Wildman–Crippen LogP) is 3.09. The van der Waals surface area contributed by atoms with Gasteiger partial charge in [0.15, 0.2) is 0 Å². The number of methoxy groups -OCH3 is 1. The number of hydrogen-bond acceptors (Lipinski definition) is 6. The van der Waals surface area contributed by atoms with Crippen LogP contribution in [0.15, 0.2) is 66.2 Å². The Morgan fingerprint density at radius 3 is 2.56 bits per heavy atom. The number of hydrogen-bond donors (Lipinski definition) is 0. The molecule has 0 spiro atoms. The molecule has 4 aromatic rings. The third-order valence-corrected chi connectivity index (χ3v) is 6.35. The fourth-order valence-corrected chi connectivity index (χ4v) is 4.66. The van der Waals surface area contributed by atoms with E-state index in [0.717, 1.165) is 16.5 Å². The van der Waals surface area contributed by atoms with Gasteiger partial charge < -0.3 is 14.5 Å². The Balaban J connectivity index is 1.65. The van der Waals surface area contributed by atoms with Crippen LogP contribution in [0.5, 0.6) is 5.75 Å². The minimum absolute atomic E-state index is 0.0741. The second-order valence-corrected chi connectivity index (χ2v) is 8.24. The summed E-state index contributed by atoms with van der Waals surface area (Å²) in [5, 5.41) is 2.63. The van der Waals surface area contributed by atoms with E-state index < -0.39 is 0 Å². The Hall–Kier alpha value is -4.20. The zero-order valence-electron chi connectivity index (χ0n) is 19.2. The summed E-state index contributed by atoms with van der Waals surface area (Å²) >= 11 is 0. The summed E-state index contributed by atoms with van der Waals surface area (Å²) in [5.74, 6) is 1.24. The lowest BCUT2D eigenvalue weighted by Gasteiger charge is -2.35. The number of fused-ring (bicyclic) bond motifs is 2. The van der Waals surface area contributed by atoms with E-state index >= 15 is 0 Å². The predicted molar refractivity (Wildman–Crippen MR) is 133 cm³/mol. The summed E-state index contributed by atoms with van der Waals surface area (Å²) in [4.78, 5) is 38.5. The minimum Gasteiger partial charge on any atom is -0.495 e. The van der Waals surface area contributed by atoms with E-state index in [9.17, 15) is 9.59 Å². The van der Waals surface area contributed by atoms with Crippen molar-refractivity contribution in [3.05, 3.63) is 77.5 Å². The third-order valence-electron chi connectivity index (χ3n) is 6.35. The first-order valence-corrected chi connectivity index (χ1v) is 11.1. The van der Waals surface area contributed by atoms with Crippen molar-refractivity contribution in [2.24, 2.45) is 0 Å². The maximum atomic E-state index is 13.8. The van der Waals surface area contributed by atoms with E-state index in [-0.39, 0.29) is 11.5 Å². The molecule has 0 aliphatic carbocycles. The molecule has 0 bridgehead atoms. The molecule has 0 radical (unpaired) electrons. The van der Waals surface area contributed by atoms with Crippen LogP contribution >= 0.6 is 0 Å². The van der Waals surface area contributed by atoms with Crippen molar-refractivity contribution in [2.75, 3.05) is 38.2 Å². The second kappa shape index (κ2) is 8.62. The minimum atomic E-state index is -0.228. The Kier molecular flexibility index (Phi) is 5.49. The molecule has 1 aliphatic rings. The van der Waals surface area contributed by atoms with Gasteiger partial charge in [-0.3, -0.25) is 14.2 Å². The molecule has 1 fully saturated rings. The van der Waals surface area contributed by atoms with E-state index in [0.29, 0.717) is 54.3 Å². The molecule has 2 aromatic carbocycles. The average molecular weight is 456 g/mol. The van der Waals surface area contributed by atoms with Crippen LogP contribution in [0.3, 0.4) is 0 Å². The van der Waals surface area contributed by atoms with Gasteiger partial charge in [0.1, 0.15) is 23.4 Å². The maximum absolute atomic E-state index is 13.8. The molecule has 8 heteroatoms. The summed E-state index contributed by atoms with van der Waals surface area (Å²) in [6, 6.07) is 13.7. The van der Waals surface area contributed by atoms with Crippen LogP contribution in [-0.2, 0) is 4.79 Å². The number of aryl methyl sites for hydroxylation is 1. The first-order valence-electron chi connectivity index (χ1n) is 11.1. The largest absolute Gasteiger partial charge is 0.495 e. The lowest BCUT2D eigenvalue weighted by atomic mass is 10.1. The average Bonchev–Trinajstić information content (AvgIpc) is 2.88. The van der Waals surface area contributed by atoms with Crippen LogP contribution in [0.2, 0.25) is 0 Å². The van der Waals surface area contributed by atoms with E-state index in [1.807, 2.05) is 49.4 Å². The topological polar surface area (TPSA) is 80.6 Å². The summed E-state index contributed by atoms with van der Waals surface area (Å²) in [6.07, 6.45) is 2.77. The molecule has 0 unspecified atom stereocenters. The fraction of sp³-hybridized carbons (Fsp3) is 0.231. The number of aromatic nitrogens is 3. The zero-order chi connectivity index (χ0) is 23.8. The Labute approximate surface area is 196 Å². The highest BCUT2D eigenvalue weighted by atomic mass is 16.5. The maximum Gasteiger partial charge on any atom is 0.282 e. The van der Waals surface area contributed by atoms with Crippen LogP contribution in [-0.4, -0.2) is 58.6 Å². The Morgan fingerprint density at radius 1 is 1.06 bits per heavy atom. The summed E-state index contributed by atoms with van der Waals surface area (Å²) in [5.41, 5.74) is 1.56. The molecule has 34 heavy (non-hydrogen) atoms. The molecule has 1 saturated heterocycles. The van der Waals surface area contributed by atoms with Gasteiger partial charge in [0.05, 0.1) is 18.2 Å². The van der Waals surface area contributed by atoms with Crippen molar-refractivity contribution in [2.45, 2.75) is 6.92 Å². The highest BCUT2D eigenvalue weighted by molar-refractivity contribution is 5.95. The van der Waals surface area contributed by atoms with Crippen molar-refractivity contribution < 1.29 is 9.53 Å². The molecule has 1 aliphatic heterocycles. The third kappa shape index (κ3) is 3.48. The monoisotopic (exact) mass is 455 g/mol. The van der Waals surface area contributed by atoms with Gasteiger partial charge in [-0.2, -0.15) is 0 Å². The molecule has 1 amide bonds. The van der Waals surface area contributed by atoms with Gasteiger partial charge in [-0.05, 0) is 30.5 Å². The number of ether oxygens (including phenoxy) is 1. The highest BCUT2D eigenvalue weighted by Crippen LogP contribution is 2.33. The number of carbonyl (C=O) groups is 1. The molecular formula is C26H25N5O3. The zero-order valence-corrected chi connectivity index (χ0v) is 19.2. The Morgan fingerprint density at radius 2 is 1.82 bits per heavy atom. The van der Waals surface area contributed by atoms with Gasteiger partial charge in [-0.15, -0.1) is 0 Å². The number of benzene rings is 2. The number of pyridine rings is 1. The van der Waals surface area contributed by atoms with Crippen LogP contribution in [0.4, 0.5) is 5.82 Å². The molecule has 8 nitrogen and oxygen atoms in total. The quantitative estimate of drug-likeness (QED) is 0.440. The van der Waals surface area contributed by atoms with Crippen molar-refractivity contribution >= 4 is 33.4 Å². The first-order chi connectivity index (χ1) is 16.5. The summed E-state index contributed by atoms with van der Waals surface area (Å²) in [7, 11) is 1.60. The number of piperazine rings is 1. The molecule has 0 atom stereocenters. The van der Waals surface area contributed by atoms with Crippen molar-refractivity contribution in [3.8, 4) is 11.4 Å². The van der Waals surface area contributed by atoms with Crippen LogP contribution in [0.1, 0.15) is 5.69 Å². The van der Waals surface area contributed by atoms with E-state index in [4.69, 9.17) is 4.74 Å². The van der Waals surface area contributed by atoms with Gasteiger partial charge >= 0.3 is 0 Å². The van der Waals surface area contributed by atoms with Crippen LogP contribution in [0, 0.1) is 6.92 Å². The number of anilines is 1. The van der Waals surface area contributed by atoms with Gasteiger partial charge in [-0.25, -0.2) is 9.97 Å². The van der Waals surface area contributed by atoms with Gasteiger partial charge in [-0.1, -0.05) is 36.9 Å².